The molecule has 2 N–H and O–H groups in total. The summed E-state index contributed by atoms with van der Waals surface area (Å²) in [5, 5.41) is 2.14. The first-order valence-corrected chi connectivity index (χ1v) is 7.34. The third-order valence-electron chi connectivity index (χ3n) is 3.26. The Bertz CT molecular complexity index is 442. The lowest BCUT2D eigenvalue weighted by Gasteiger charge is -2.26. The van der Waals surface area contributed by atoms with Crippen LogP contribution < -0.4 is 5.73 Å². The molecule has 2 aromatic heterocycles. The monoisotopic (exact) mass is 253 g/mol. The third kappa shape index (κ3) is 1.91. The molecule has 86 valence electrons. The zero-order valence-electron chi connectivity index (χ0n) is 9.02. The fourth-order valence-corrected chi connectivity index (χ4v) is 4.47. The van der Waals surface area contributed by atoms with Gasteiger partial charge in [-0.3, -0.25) is 0 Å². The largest absolute Gasteiger partial charge is 0.381 e. The van der Waals surface area contributed by atoms with Crippen molar-refractivity contribution >= 4 is 32.1 Å². The molecule has 0 aliphatic carbocycles. The molecule has 4 heteroatoms. The molecule has 1 atom stereocenters. The molecule has 3 rings (SSSR count). The molecular formula is C12H15NOS2. The minimum absolute atomic E-state index is 0.202. The summed E-state index contributed by atoms with van der Waals surface area (Å²) in [7, 11) is 0. The number of fused-ring (bicyclic) bond motifs is 1. The van der Waals surface area contributed by atoms with Gasteiger partial charge in [-0.1, -0.05) is 0 Å². The first kappa shape index (κ1) is 10.7. The quantitative estimate of drug-likeness (QED) is 0.890. The highest BCUT2D eigenvalue weighted by Gasteiger charge is 2.23. The Labute approximate surface area is 103 Å². The second-order valence-corrected chi connectivity index (χ2v) is 6.34. The molecule has 1 unspecified atom stereocenters. The van der Waals surface area contributed by atoms with Crippen LogP contribution in [-0.4, -0.2) is 13.2 Å². The number of nitrogens with two attached hydrogens (primary N) is 1. The van der Waals surface area contributed by atoms with Gasteiger partial charge in [0.2, 0.25) is 0 Å². The predicted octanol–water partition coefficient (Wildman–Crippen LogP) is 3.39. The van der Waals surface area contributed by atoms with E-state index in [0.717, 1.165) is 26.1 Å². The van der Waals surface area contributed by atoms with Crippen molar-refractivity contribution in [1.82, 2.24) is 0 Å². The van der Waals surface area contributed by atoms with Crippen molar-refractivity contribution in [1.29, 1.82) is 0 Å². The van der Waals surface area contributed by atoms with Gasteiger partial charge in [-0.15, -0.1) is 22.7 Å². The maximum Gasteiger partial charge on any atom is 0.0469 e. The summed E-state index contributed by atoms with van der Waals surface area (Å²) in [6.45, 7) is 1.75. The molecule has 0 amide bonds. The van der Waals surface area contributed by atoms with Gasteiger partial charge in [0.25, 0.3) is 0 Å². The molecule has 0 aromatic carbocycles. The van der Waals surface area contributed by atoms with Crippen LogP contribution in [0.2, 0.25) is 0 Å². The fourth-order valence-electron chi connectivity index (χ4n) is 2.26. The van der Waals surface area contributed by atoms with E-state index in [1.54, 1.807) is 11.3 Å². The number of ether oxygens (including phenoxy) is 1. The number of hydrogen-bond acceptors (Lipinski definition) is 4. The summed E-state index contributed by atoms with van der Waals surface area (Å²) in [4.78, 5) is 1.34. The van der Waals surface area contributed by atoms with E-state index in [1.165, 1.54) is 14.3 Å². The van der Waals surface area contributed by atoms with Crippen LogP contribution in [0.5, 0.6) is 0 Å². The third-order valence-corrected chi connectivity index (χ3v) is 5.46. The van der Waals surface area contributed by atoms with Crippen molar-refractivity contribution in [3.05, 3.63) is 22.4 Å². The van der Waals surface area contributed by atoms with Crippen molar-refractivity contribution < 1.29 is 4.74 Å². The summed E-state index contributed by atoms with van der Waals surface area (Å²) < 4.78 is 8.13. The van der Waals surface area contributed by atoms with Gasteiger partial charge in [0.1, 0.15) is 0 Å². The normalized spacial score (nSPS) is 20.3. The predicted molar refractivity (Wildman–Crippen MR) is 70.2 cm³/mol. The van der Waals surface area contributed by atoms with E-state index in [0.29, 0.717) is 5.92 Å². The van der Waals surface area contributed by atoms with Gasteiger partial charge >= 0.3 is 0 Å². The molecule has 16 heavy (non-hydrogen) atoms. The van der Waals surface area contributed by atoms with Crippen molar-refractivity contribution in [2.24, 2.45) is 11.7 Å². The Hall–Kier alpha value is -0.420. The minimum atomic E-state index is 0.202. The van der Waals surface area contributed by atoms with Crippen LogP contribution in [-0.2, 0) is 4.74 Å². The molecule has 2 nitrogen and oxygen atoms in total. The summed E-state index contributed by atoms with van der Waals surface area (Å²) >= 11 is 3.65. The van der Waals surface area contributed by atoms with Gasteiger partial charge in [0, 0.05) is 33.5 Å². The van der Waals surface area contributed by atoms with Crippen molar-refractivity contribution in [2.75, 3.05) is 13.2 Å². The molecule has 0 spiro atoms. The summed E-state index contributed by atoms with van der Waals surface area (Å²) in [5.41, 5.74) is 6.35. The van der Waals surface area contributed by atoms with Crippen LogP contribution in [0, 0.1) is 5.92 Å². The highest BCUT2D eigenvalue weighted by Crippen LogP contribution is 2.37. The molecule has 1 aliphatic rings. The van der Waals surface area contributed by atoms with Crippen molar-refractivity contribution in [2.45, 2.75) is 18.9 Å². The van der Waals surface area contributed by atoms with Crippen LogP contribution in [0.25, 0.3) is 9.40 Å². The SMILES string of the molecule is NC(c1cc2sccc2s1)C1CCOCC1. The first-order chi connectivity index (χ1) is 7.84. The Morgan fingerprint density at radius 1 is 1.31 bits per heavy atom. The van der Waals surface area contributed by atoms with Gasteiger partial charge in [0.15, 0.2) is 0 Å². The van der Waals surface area contributed by atoms with E-state index < -0.39 is 0 Å². The lowest BCUT2D eigenvalue weighted by atomic mass is 9.91. The van der Waals surface area contributed by atoms with Gasteiger partial charge in [-0.05, 0) is 36.3 Å². The minimum Gasteiger partial charge on any atom is -0.381 e. The zero-order chi connectivity index (χ0) is 11.0. The van der Waals surface area contributed by atoms with Crippen LogP contribution >= 0.6 is 22.7 Å². The summed E-state index contributed by atoms with van der Waals surface area (Å²) in [6, 6.07) is 4.66. The molecule has 2 aromatic rings. The Morgan fingerprint density at radius 3 is 2.88 bits per heavy atom. The molecule has 0 bridgehead atoms. The number of hydrogen-bond donors (Lipinski definition) is 1. The van der Waals surface area contributed by atoms with E-state index in [1.807, 2.05) is 11.3 Å². The first-order valence-electron chi connectivity index (χ1n) is 5.65. The van der Waals surface area contributed by atoms with Crippen LogP contribution in [0.4, 0.5) is 0 Å². The summed E-state index contributed by atoms with van der Waals surface area (Å²) in [5.74, 6) is 0.599. The molecule has 1 fully saturated rings. The molecule has 3 heterocycles. The molecule has 1 saturated heterocycles. The van der Waals surface area contributed by atoms with E-state index in [-0.39, 0.29) is 6.04 Å². The second-order valence-electron chi connectivity index (χ2n) is 4.27. The van der Waals surface area contributed by atoms with E-state index in [4.69, 9.17) is 10.5 Å². The van der Waals surface area contributed by atoms with Crippen LogP contribution in [0.1, 0.15) is 23.8 Å². The molecular weight excluding hydrogens is 238 g/mol. The second kappa shape index (κ2) is 4.45. The van der Waals surface area contributed by atoms with E-state index in [9.17, 15) is 0 Å². The van der Waals surface area contributed by atoms with Gasteiger partial charge < -0.3 is 10.5 Å². The standard InChI is InChI=1S/C12H15NOS2/c13-12(8-1-4-14-5-2-8)11-7-10-9(16-11)3-6-15-10/h3,6-8,12H,1-2,4-5,13H2. The van der Waals surface area contributed by atoms with Gasteiger partial charge in [-0.2, -0.15) is 0 Å². The average Bonchev–Trinajstić information content (AvgIpc) is 2.89. The van der Waals surface area contributed by atoms with Crippen molar-refractivity contribution in [3.63, 3.8) is 0 Å². The Kier molecular flexibility index (Phi) is 2.98. The van der Waals surface area contributed by atoms with E-state index >= 15 is 0 Å². The van der Waals surface area contributed by atoms with Crippen molar-refractivity contribution in [3.8, 4) is 0 Å². The molecule has 1 aliphatic heterocycles. The highest BCUT2D eigenvalue weighted by molar-refractivity contribution is 7.26. The number of rotatable bonds is 2. The Morgan fingerprint density at radius 2 is 2.12 bits per heavy atom. The van der Waals surface area contributed by atoms with Gasteiger partial charge in [-0.25, -0.2) is 0 Å². The number of thiophene rings is 2. The lowest BCUT2D eigenvalue weighted by molar-refractivity contribution is 0.0587. The van der Waals surface area contributed by atoms with Gasteiger partial charge in [0.05, 0.1) is 0 Å². The smallest absolute Gasteiger partial charge is 0.0469 e. The van der Waals surface area contributed by atoms with Crippen LogP contribution in [0.3, 0.4) is 0 Å². The van der Waals surface area contributed by atoms with Crippen LogP contribution in [0.15, 0.2) is 17.5 Å². The average molecular weight is 253 g/mol. The maximum atomic E-state index is 6.35. The fraction of sp³-hybridized carbons (Fsp3) is 0.500. The zero-order valence-corrected chi connectivity index (χ0v) is 10.7. The highest BCUT2D eigenvalue weighted by atomic mass is 32.1. The molecule has 0 saturated carbocycles. The topological polar surface area (TPSA) is 35.2 Å². The lowest BCUT2D eigenvalue weighted by Crippen LogP contribution is -2.26. The maximum absolute atomic E-state index is 6.35. The summed E-state index contributed by atoms with van der Waals surface area (Å²) in [6.07, 6.45) is 2.21. The molecule has 0 radical (unpaired) electrons. The van der Waals surface area contributed by atoms with E-state index in [2.05, 4.69) is 17.5 Å². The Balaban J connectivity index is 1.83.